The van der Waals surface area contributed by atoms with Crippen LogP contribution in [0.25, 0.3) is 0 Å². The first-order valence-corrected chi connectivity index (χ1v) is 8.88. The van der Waals surface area contributed by atoms with Crippen LogP contribution in [0.4, 0.5) is 5.69 Å². The van der Waals surface area contributed by atoms with Gasteiger partial charge >= 0.3 is 0 Å². The zero-order chi connectivity index (χ0) is 18.3. The molecule has 0 atom stereocenters. The quantitative estimate of drug-likeness (QED) is 0.661. The summed E-state index contributed by atoms with van der Waals surface area (Å²) in [5.74, 6) is 0. The smallest absolute Gasteiger partial charge is 0.0571 e. The van der Waals surface area contributed by atoms with Gasteiger partial charge in [0.1, 0.15) is 0 Å². The summed E-state index contributed by atoms with van der Waals surface area (Å²) >= 11 is 0. The molecule has 2 heteroatoms. The zero-order valence-electron chi connectivity index (χ0n) is 15.2. The molecule has 0 saturated carbocycles. The summed E-state index contributed by atoms with van der Waals surface area (Å²) in [6.45, 7) is 2.96. The molecule has 1 aromatic rings. The minimum atomic E-state index is 0.827. The Morgan fingerprint density at radius 2 is 1.15 bits per heavy atom. The van der Waals surface area contributed by atoms with Gasteiger partial charge in [-0.3, -0.25) is 10.4 Å². The Labute approximate surface area is 157 Å². The minimum Gasteiger partial charge on any atom is -0.298 e. The average molecular weight is 342 g/mol. The van der Waals surface area contributed by atoms with Gasteiger partial charge in [-0.25, -0.2) is 0 Å². The van der Waals surface area contributed by atoms with Crippen LogP contribution in [-0.2, 0) is 0 Å². The van der Waals surface area contributed by atoms with E-state index in [-0.39, 0.29) is 0 Å². The Bertz CT molecular complexity index is 753. The molecule has 0 heterocycles. The van der Waals surface area contributed by atoms with Gasteiger partial charge in [0.25, 0.3) is 0 Å². The molecule has 1 aliphatic rings. The number of hydrogen-bond donors (Lipinski definition) is 1. The maximum atomic E-state index is 3.49. The van der Waals surface area contributed by atoms with E-state index in [1.807, 2.05) is 97.1 Å². The van der Waals surface area contributed by atoms with Crippen LogP contribution in [-0.4, -0.2) is 11.6 Å². The number of likely N-dealkylation sites (N-methyl/N-ethyl adjacent to an activating group) is 1. The van der Waals surface area contributed by atoms with E-state index in [4.69, 9.17) is 0 Å². The molecular weight excluding hydrogens is 316 g/mol. The molecule has 0 saturated heterocycles. The fourth-order valence-electron chi connectivity index (χ4n) is 2.24. The molecule has 1 N–H and O–H groups in total. The number of rotatable bonds is 4. The van der Waals surface area contributed by atoms with Crippen LogP contribution in [0.1, 0.15) is 6.92 Å². The highest BCUT2D eigenvalue weighted by atomic mass is 15.5. The summed E-state index contributed by atoms with van der Waals surface area (Å²) in [4.78, 5) is 0. The number of anilines is 1. The van der Waals surface area contributed by atoms with Crippen molar-refractivity contribution in [2.24, 2.45) is 0 Å². The fourth-order valence-corrected chi connectivity index (χ4v) is 2.24. The molecule has 0 aromatic heterocycles. The van der Waals surface area contributed by atoms with Crippen LogP contribution in [0.5, 0.6) is 0 Å². The zero-order valence-corrected chi connectivity index (χ0v) is 15.2. The second-order valence-electron chi connectivity index (χ2n) is 5.48. The lowest BCUT2D eigenvalue weighted by molar-refractivity contribution is 0.448. The first-order chi connectivity index (χ1) is 12.9. The summed E-state index contributed by atoms with van der Waals surface area (Å²) < 4.78 is 0. The summed E-state index contributed by atoms with van der Waals surface area (Å²) in [7, 11) is 0. The Morgan fingerprint density at radius 1 is 0.654 bits per heavy atom. The van der Waals surface area contributed by atoms with Crippen molar-refractivity contribution in [2.45, 2.75) is 6.92 Å². The van der Waals surface area contributed by atoms with Crippen molar-refractivity contribution >= 4 is 5.69 Å². The molecule has 0 spiro atoms. The Morgan fingerprint density at radius 3 is 1.73 bits per heavy atom. The van der Waals surface area contributed by atoms with Gasteiger partial charge in [-0.1, -0.05) is 97.1 Å². The Kier molecular flexibility index (Phi) is 8.91. The first kappa shape index (κ1) is 19.1. The average Bonchev–Trinajstić information content (AvgIpc) is 2.65. The second-order valence-corrected chi connectivity index (χ2v) is 5.48. The SMILES string of the molecule is CCN(Nc1ccccccccc1)C1=C/C=C\C=C/C=C\C=C/C=C\1. The molecule has 0 fully saturated rings. The van der Waals surface area contributed by atoms with E-state index in [0.717, 1.165) is 17.9 Å². The Balaban J connectivity index is 2.27. The molecule has 0 unspecified atom stereocenters. The van der Waals surface area contributed by atoms with Crippen LogP contribution in [0.15, 0.2) is 127 Å². The molecule has 2 nitrogen and oxygen atoms in total. The van der Waals surface area contributed by atoms with Crippen LogP contribution in [0.3, 0.4) is 0 Å². The summed E-state index contributed by atoms with van der Waals surface area (Å²) in [5.41, 5.74) is 5.59. The van der Waals surface area contributed by atoms with Gasteiger partial charge in [0.2, 0.25) is 0 Å². The van der Waals surface area contributed by atoms with Gasteiger partial charge in [-0.2, -0.15) is 0 Å². The molecule has 0 amide bonds. The summed E-state index contributed by atoms with van der Waals surface area (Å²) in [5, 5.41) is 2.12. The maximum absolute atomic E-state index is 3.49. The van der Waals surface area contributed by atoms with Crippen LogP contribution < -0.4 is 5.43 Å². The lowest BCUT2D eigenvalue weighted by Gasteiger charge is -2.25. The van der Waals surface area contributed by atoms with Gasteiger partial charge in [-0.05, 0) is 31.2 Å². The number of allylic oxidation sites excluding steroid dienone is 11. The molecule has 0 bridgehead atoms. The lowest BCUT2D eigenvalue weighted by atomic mass is 10.2. The van der Waals surface area contributed by atoms with Crippen molar-refractivity contribution in [1.82, 2.24) is 5.01 Å². The largest absolute Gasteiger partial charge is 0.298 e. The van der Waals surface area contributed by atoms with Crippen molar-refractivity contribution in [1.29, 1.82) is 0 Å². The van der Waals surface area contributed by atoms with Gasteiger partial charge < -0.3 is 0 Å². The predicted molar refractivity (Wildman–Crippen MR) is 114 cm³/mol. The van der Waals surface area contributed by atoms with E-state index in [1.54, 1.807) is 0 Å². The summed E-state index contributed by atoms with van der Waals surface area (Å²) in [6, 6.07) is 18.3. The molecule has 132 valence electrons. The van der Waals surface area contributed by atoms with Gasteiger partial charge in [-0.15, -0.1) is 0 Å². The predicted octanol–water partition coefficient (Wildman–Crippen LogP) is 6.14. The minimum absolute atomic E-state index is 0.827. The van der Waals surface area contributed by atoms with Crippen LogP contribution >= 0.6 is 0 Å². The third kappa shape index (κ3) is 7.54. The molecule has 0 radical (unpaired) electrons. The lowest BCUT2D eigenvalue weighted by Crippen LogP contribution is -2.28. The van der Waals surface area contributed by atoms with E-state index < -0.39 is 0 Å². The third-order valence-electron chi connectivity index (χ3n) is 3.53. The van der Waals surface area contributed by atoms with Crippen molar-refractivity contribution in [2.75, 3.05) is 12.0 Å². The number of hydrogen-bond acceptors (Lipinski definition) is 2. The van der Waals surface area contributed by atoms with E-state index in [1.165, 1.54) is 0 Å². The normalized spacial score (nSPS) is 21.3. The molecular formula is C24H26N2. The van der Waals surface area contributed by atoms with Crippen molar-refractivity contribution in [3.8, 4) is 0 Å². The van der Waals surface area contributed by atoms with E-state index in [9.17, 15) is 0 Å². The van der Waals surface area contributed by atoms with Crippen LogP contribution in [0, 0.1) is 0 Å². The van der Waals surface area contributed by atoms with Crippen molar-refractivity contribution in [3.05, 3.63) is 127 Å². The fraction of sp³-hybridized carbons (Fsp3) is 0.0833. The topological polar surface area (TPSA) is 15.3 Å². The molecule has 0 aliphatic heterocycles. The van der Waals surface area contributed by atoms with E-state index >= 15 is 0 Å². The number of nitrogens with zero attached hydrogens (tertiary/aromatic N) is 1. The molecule has 1 aliphatic carbocycles. The highest BCUT2D eigenvalue weighted by molar-refractivity contribution is 5.42. The van der Waals surface area contributed by atoms with Gasteiger partial charge in [0.15, 0.2) is 0 Å². The van der Waals surface area contributed by atoms with Crippen LogP contribution in [0.2, 0.25) is 0 Å². The third-order valence-corrected chi connectivity index (χ3v) is 3.53. The summed E-state index contributed by atoms with van der Waals surface area (Å²) in [6.07, 6.45) is 22.4. The highest BCUT2D eigenvalue weighted by Crippen LogP contribution is 2.12. The maximum Gasteiger partial charge on any atom is 0.0571 e. The molecule has 2 rings (SSSR count). The molecule has 26 heavy (non-hydrogen) atoms. The van der Waals surface area contributed by atoms with Gasteiger partial charge in [0, 0.05) is 6.54 Å². The van der Waals surface area contributed by atoms with Gasteiger partial charge in [0.05, 0.1) is 11.4 Å². The van der Waals surface area contributed by atoms with Crippen molar-refractivity contribution < 1.29 is 0 Å². The monoisotopic (exact) mass is 342 g/mol. The molecule has 1 aromatic carbocycles. The first-order valence-electron chi connectivity index (χ1n) is 8.88. The number of nitrogens with one attached hydrogen (secondary N) is 1. The number of hydrazine groups is 1. The Hall–Kier alpha value is -3.26. The van der Waals surface area contributed by atoms with E-state index in [0.29, 0.717) is 0 Å². The van der Waals surface area contributed by atoms with E-state index in [2.05, 4.69) is 41.6 Å². The second kappa shape index (κ2) is 12.2. The highest BCUT2D eigenvalue weighted by Gasteiger charge is 2.03. The standard InChI is InChI=1S/C24H26N2/c1-2-26(25-23-19-15-11-7-6-8-12-16-20-23)24-21-17-13-9-4-3-5-10-14-18-22-24/h3-22,25H,2H2,1H3/b4-3-,5-3?,7-6?,8-6?,9-4?,10-5-,11-7?,12-8?,13-9-,14-10?,15-11?,16-12?,17-13?,18-14-,19-15?,20-16?,21-17-,22-18?,23-19?,23-20?,24-21?,24-22+. The van der Waals surface area contributed by atoms with Crippen molar-refractivity contribution in [3.63, 3.8) is 0 Å².